The number of carbonyl (C=O) groups excluding carboxylic acids is 1. The van der Waals surface area contributed by atoms with Crippen LogP contribution in [-0.2, 0) is 16.0 Å². The number of aliphatic hydroxyl groups is 1. The van der Waals surface area contributed by atoms with Crippen LogP contribution in [0.25, 0.3) is 0 Å². The summed E-state index contributed by atoms with van der Waals surface area (Å²) in [5.74, 6) is -0.985. The highest BCUT2D eigenvalue weighted by molar-refractivity contribution is 5.98. The van der Waals surface area contributed by atoms with Gasteiger partial charge < -0.3 is 10.2 Å². The number of aliphatic carboxylic acids is 1. The standard InChI is InChI=1S/C22H26O4/c1-15(12-20(24)25)10-11-22(26)16(2)18(19(23)14-21(22,3)4)13-17-8-6-5-7-9-17/h5-12,26H,13-14H2,1-4H3,(H,24,25)/b11-10+,15-12-/t22-/m0/s1. The average molecular weight is 354 g/mol. The van der Waals surface area contributed by atoms with Gasteiger partial charge in [-0.15, -0.1) is 0 Å². The molecule has 138 valence electrons. The minimum atomic E-state index is -1.32. The number of Topliss-reactive ketones (excluding diaryl/α,β-unsaturated/α-hetero) is 1. The number of allylic oxidation sites excluding steroid dienone is 3. The lowest BCUT2D eigenvalue weighted by atomic mass is 9.62. The zero-order valence-corrected chi connectivity index (χ0v) is 15.7. The molecule has 0 bridgehead atoms. The van der Waals surface area contributed by atoms with Crippen LogP contribution in [0.5, 0.6) is 0 Å². The van der Waals surface area contributed by atoms with Crippen molar-refractivity contribution >= 4 is 11.8 Å². The van der Waals surface area contributed by atoms with Crippen molar-refractivity contribution in [3.63, 3.8) is 0 Å². The van der Waals surface area contributed by atoms with Crippen LogP contribution in [0.4, 0.5) is 0 Å². The van der Waals surface area contributed by atoms with E-state index in [0.29, 0.717) is 23.1 Å². The van der Waals surface area contributed by atoms with Crippen LogP contribution in [0.2, 0.25) is 0 Å². The SMILES string of the molecule is CC1=C(Cc2ccccc2)C(=O)CC(C)(C)[C@]1(O)/C=C/C(C)=C\C(=O)O. The summed E-state index contributed by atoms with van der Waals surface area (Å²) in [5.41, 5.74) is 0.788. The normalized spacial score (nSPS) is 23.6. The van der Waals surface area contributed by atoms with Gasteiger partial charge in [0.05, 0.1) is 0 Å². The van der Waals surface area contributed by atoms with Gasteiger partial charge in [0, 0.05) is 29.9 Å². The van der Waals surface area contributed by atoms with Crippen molar-refractivity contribution in [2.45, 2.75) is 46.1 Å². The Morgan fingerprint density at radius 2 is 1.85 bits per heavy atom. The highest BCUT2D eigenvalue weighted by atomic mass is 16.4. The van der Waals surface area contributed by atoms with E-state index in [0.717, 1.165) is 11.6 Å². The van der Waals surface area contributed by atoms with Gasteiger partial charge in [-0.1, -0.05) is 50.3 Å². The van der Waals surface area contributed by atoms with Crippen LogP contribution < -0.4 is 0 Å². The molecule has 0 heterocycles. The lowest BCUT2D eigenvalue weighted by molar-refractivity contribution is -0.131. The zero-order valence-electron chi connectivity index (χ0n) is 15.7. The van der Waals surface area contributed by atoms with Crippen molar-refractivity contribution in [1.82, 2.24) is 0 Å². The van der Waals surface area contributed by atoms with E-state index in [2.05, 4.69) is 0 Å². The molecule has 0 amide bonds. The van der Waals surface area contributed by atoms with E-state index in [-0.39, 0.29) is 12.2 Å². The smallest absolute Gasteiger partial charge is 0.328 e. The van der Waals surface area contributed by atoms with E-state index in [1.807, 2.05) is 44.2 Å². The molecule has 2 N–H and O–H groups in total. The Hall–Kier alpha value is -2.46. The number of carboxylic acid groups (broad SMARTS) is 1. The molecule has 4 nitrogen and oxygen atoms in total. The van der Waals surface area contributed by atoms with Crippen LogP contribution in [0.15, 0.2) is 65.3 Å². The fraction of sp³-hybridized carbons (Fsp3) is 0.364. The second kappa shape index (κ2) is 7.42. The predicted molar refractivity (Wildman–Crippen MR) is 102 cm³/mol. The van der Waals surface area contributed by atoms with Crippen molar-refractivity contribution in [2.24, 2.45) is 5.41 Å². The number of carboxylic acids is 1. The Labute approximate surface area is 154 Å². The van der Waals surface area contributed by atoms with Gasteiger partial charge in [-0.05, 0) is 36.6 Å². The van der Waals surface area contributed by atoms with E-state index in [1.54, 1.807) is 26.0 Å². The average Bonchev–Trinajstić information content (AvgIpc) is 2.55. The summed E-state index contributed by atoms with van der Waals surface area (Å²) in [6.07, 6.45) is 5.02. The number of hydrogen-bond acceptors (Lipinski definition) is 3. The zero-order chi connectivity index (χ0) is 19.5. The summed E-state index contributed by atoms with van der Waals surface area (Å²) in [6.45, 7) is 7.17. The second-order valence-electron chi connectivity index (χ2n) is 7.58. The summed E-state index contributed by atoms with van der Waals surface area (Å²) in [6, 6.07) is 9.69. The van der Waals surface area contributed by atoms with Crippen LogP contribution >= 0.6 is 0 Å². The Morgan fingerprint density at radius 1 is 1.23 bits per heavy atom. The quantitative estimate of drug-likeness (QED) is 0.622. The van der Waals surface area contributed by atoms with Gasteiger partial charge in [-0.2, -0.15) is 0 Å². The molecule has 0 saturated heterocycles. The molecule has 1 aliphatic carbocycles. The molecule has 4 heteroatoms. The number of benzene rings is 1. The van der Waals surface area contributed by atoms with Crippen molar-refractivity contribution in [3.8, 4) is 0 Å². The van der Waals surface area contributed by atoms with Crippen molar-refractivity contribution < 1.29 is 19.8 Å². The van der Waals surface area contributed by atoms with Crippen LogP contribution in [0.3, 0.4) is 0 Å². The maximum Gasteiger partial charge on any atom is 0.328 e. The molecule has 0 aromatic heterocycles. The molecule has 0 fully saturated rings. The first kappa shape index (κ1) is 19.9. The van der Waals surface area contributed by atoms with Gasteiger partial charge in [-0.3, -0.25) is 4.79 Å². The van der Waals surface area contributed by atoms with Crippen molar-refractivity contribution in [2.75, 3.05) is 0 Å². The summed E-state index contributed by atoms with van der Waals surface area (Å²) in [4.78, 5) is 23.5. The fourth-order valence-corrected chi connectivity index (χ4v) is 3.47. The third-order valence-corrected chi connectivity index (χ3v) is 5.16. The van der Waals surface area contributed by atoms with Gasteiger partial charge in [0.25, 0.3) is 0 Å². The fourth-order valence-electron chi connectivity index (χ4n) is 3.47. The highest BCUT2D eigenvalue weighted by Crippen LogP contribution is 2.47. The topological polar surface area (TPSA) is 74.6 Å². The largest absolute Gasteiger partial charge is 0.478 e. The van der Waals surface area contributed by atoms with Crippen LogP contribution in [-0.4, -0.2) is 27.6 Å². The molecular formula is C22H26O4. The second-order valence-corrected chi connectivity index (χ2v) is 7.58. The third kappa shape index (κ3) is 4.02. The van der Waals surface area contributed by atoms with Crippen molar-refractivity contribution in [1.29, 1.82) is 0 Å². The van der Waals surface area contributed by atoms with E-state index < -0.39 is 17.0 Å². The molecule has 26 heavy (non-hydrogen) atoms. The molecule has 1 atom stereocenters. The lowest BCUT2D eigenvalue weighted by Crippen LogP contribution is -2.49. The minimum Gasteiger partial charge on any atom is -0.478 e. The third-order valence-electron chi connectivity index (χ3n) is 5.16. The Bertz CT molecular complexity index is 797. The Balaban J connectivity index is 2.48. The number of rotatable bonds is 5. The monoisotopic (exact) mass is 354 g/mol. The molecule has 1 aromatic carbocycles. The van der Waals surface area contributed by atoms with E-state index in [4.69, 9.17) is 5.11 Å². The van der Waals surface area contributed by atoms with Gasteiger partial charge in [-0.25, -0.2) is 4.79 Å². The first-order valence-corrected chi connectivity index (χ1v) is 8.67. The van der Waals surface area contributed by atoms with Crippen molar-refractivity contribution in [3.05, 3.63) is 70.8 Å². The molecule has 0 spiro atoms. The van der Waals surface area contributed by atoms with E-state index >= 15 is 0 Å². The summed E-state index contributed by atoms with van der Waals surface area (Å²) in [7, 11) is 0. The van der Waals surface area contributed by atoms with E-state index in [1.165, 1.54) is 0 Å². The predicted octanol–water partition coefficient (Wildman–Crippen LogP) is 3.86. The molecule has 1 aromatic rings. The van der Waals surface area contributed by atoms with Gasteiger partial charge in [0.2, 0.25) is 0 Å². The van der Waals surface area contributed by atoms with Gasteiger partial charge in [0.1, 0.15) is 5.60 Å². The Kier molecular flexibility index (Phi) is 5.67. The number of hydrogen-bond donors (Lipinski definition) is 2. The lowest BCUT2D eigenvalue weighted by Gasteiger charge is -2.45. The molecular weight excluding hydrogens is 328 g/mol. The van der Waals surface area contributed by atoms with Gasteiger partial charge >= 0.3 is 5.97 Å². The molecule has 0 saturated carbocycles. The van der Waals surface area contributed by atoms with E-state index in [9.17, 15) is 14.7 Å². The minimum absolute atomic E-state index is 0.0484. The first-order valence-electron chi connectivity index (χ1n) is 8.67. The molecule has 1 aliphatic rings. The molecule has 0 radical (unpaired) electrons. The molecule has 0 unspecified atom stereocenters. The number of carbonyl (C=O) groups is 2. The van der Waals surface area contributed by atoms with Crippen LogP contribution in [0.1, 0.15) is 39.7 Å². The highest BCUT2D eigenvalue weighted by Gasteiger charge is 2.49. The maximum absolute atomic E-state index is 12.7. The first-order chi connectivity index (χ1) is 12.1. The molecule has 0 aliphatic heterocycles. The van der Waals surface area contributed by atoms with Gasteiger partial charge in [0.15, 0.2) is 5.78 Å². The summed E-state index contributed by atoms with van der Waals surface area (Å²) >= 11 is 0. The Morgan fingerprint density at radius 3 is 2.42 bits per heavy atom. The summed E-state index contributed by atoms with van der Waals surface area (Å²) in [5, 5.41) is 20.3. The maximum atomic E-state index is 12.7. The van der Waals surface area contributed by atoms with Crippen LogP contribution in [0, 0.1) is 5.41 Å². The number of ketones is 1. The summed E-state index contributed by atoms with van der Waals surface area (Å²) < 4.78 is 0. The molecule has 2 rings (SSSR count).